The number of rotatable bonds is 4. The van der Waals surface area contributed by atoms with Crippen molar-refractivity contribution in [2.45, 2.75) is 33.4 Å². The number of aryl methyl sites for hydroxylation is 1. The SMILES string of the molecule is Cc1oc(CNC(=O)OC(C)C)cc1C(=O)O. The Labute approximate surface area is 98.6 Å². The number of nitrogens with one attached hydrogen (secondary N) is 1. The maximum atomic E-state index is 11.2. The second-order valence-corrected chi connectivity index (χ2v) is 3.80. The van der Waals surface area contributed by atoms with Crippen LogP contribution in [0, 0.1) is 6.92 Å². The first kappa shape index (κ1) is 13.1. The average molecular weight is 241 g/mol. The molecule has 0 unspecified atom stereocenters. The van der Waals surface area contributed by atoms with Crippen molar-refractivity contribution >= 4 is 12.1 Å². The first-order valence-corrected chi connectivity index (χ1v) is 5.17. The molecule has 0 aliphatic carbocycles. The molecule has 1 amide bonds. The van der Waals surface area contributed by atoms with Crippen LogP contribution in [-0.2, 0) is 11.3 Å². The highest BCUT2D eigenvalue weighted by molar-refractivity contribution is 5.88. The highest BCUT2D eigenvalue weighted by atomic mass is 16.6. The summed E-state index contributed by atoms with van der Waals surface area (Å²) < 4.78 is 10.0. The summed E-state index contributed by atoms with van der Waals surface area (Å²) in [6, 6.07) is 1.38. The van der Waals surface area contributed by atoms with Crippen LogP contribution >= 0.6 is 0 Å². The lowest BCUT2D eigenvalue weighted by Crippen LogP contribution is -2.26. The van der Waals surface area contributed by atoms with Crippen molar-refractivity contribution in [3.63, 3.8) is 0 Å². The fourth-order valence-corrected chi connectivity index (χ4v) is 1.26. The quantitative estimate of drug-likeness (QED) is 0.840. The van der Waals surface area contributed by atoms with E-state index in [1.54, 1.807) is 20.8 Å². The molecule has 0 atom stereocenters. The molecular weight excluding hydrogens is 226 g/mol. The van der Waals surface area contributed by atoms with E-state index in [2.05, 4.69) is 5.32 Å². The Morgan fingerprint density at radius 2 is 2.18 bits per heavy atom. The molecule has 0 saturated carbocycles. The van der Waals surface area contributed by atoms with Crippen molar-refractivity contribution in [1.29, 1.82) is 0 Å². The standard InChI is InChI=1S/C11H15NO5/c1-6(2)16-11(15)12-5-8-4-9(10(13)14)7(3)17-8/h4,6H,5H2,1-3H3,(H,12,15)(H,13,14). The molecule has 1 heterocycles. The van der Waals surface area contributed by atoms with E-state index in [9.17, 15) is 9.59 Å². The second kappa shape index (κ2) is 5.38. The van der Waals surface area contributed by atoms with Gasteiger partial charge in [0, 0.05) is 0 Å². The highest BCUT2D eigenvalue weighted by Crippen LogP contribution is 2.14. The summed E-state index contributed by atoms with van der Waals surface area (Å²) in [6.45, 7) is 5.12. The number of ether oxygens (including phenoxy) is 1. The van der Waals surface area contributed by atoms with E-state index in [1.807, 2.05) is 0 Å². The first-order chi connectivity index (χ1) is 7.90. The zero-order valence-corrected chi connectivity index (χ0v) is 9.94. The molecule has 0 aliphatic heterocycles. The summed E-state index contributed by atoms with van der Waals surface area (Å²) in [7, 11) is 0. The van der Waals surface area contributed by atoms with Gasteiger partial charge in [-0.3, -0.25) is 0 Å². The summed E-state index contributed by atoms with van der Waals surface area (Å²) in [5, 5.41) is 11.3. The zero-order chi connectivity index (χ0) is 13.0. The number of amides is 1. The average Bonchev–Trinajstić information content (AvgIpc) is 2.56. The molecule has 0 radical (unpaired) electrons. The van der Waals surface area contributed by atoms with E-state index in [0.717, 1.165) is 0 Å². The molecule has 0 spiro atoms. The van der Waals surface area contributed by atoms with E-state index in [0.29, 0.717) is 11.5 Å². The molecule has 1 aromatic rings. The van der Waals surface area contributed by atoms with Crippen LogP contribution in [0.25, 0.3) is 0 Å². The lowest BCUT2D eigenvalue weighted by atomic mass is 10.2. The molecule has 1 aromatic heterocycles. The molecule has 0 fully saturated rings. The van der Waals surface area contributed by atoms with Crippen LogP contribution in [0.2, 0.25) is 0 Å². The normalized spacial score (nSPS) is 10.4. The van der Waals surface area contributed by atoms with Gasteiger partial charge in [0.05, 0.1) is 12.6 Å². The van der Waals surface area contributed by atoms with Crippen molar-refractivity contribution in [3.8, 4) is 0 Å². The van der Waals surface area contributed by atoms with Crippen molar-refractivity contribution in [2.24, 2.45) is 0 Å². The van der Waals surface area contributed by atoms with Crippen molar-refractivity contribution in [2.75, 3.05) is 0 Å². The first-order valence-electron chi connectivity index (χ1n) is 5.17. The molecule has 6 heteroatoms. The van der Waals surface area contributed by atoms with Gasteiger partial charge in [-0.15, -0.1) is 0 Å². The minimum Gasteiger partial charge on any atom is -0.478 e. The Morgan fingerprint density at radius 1 is 1.53 bits per heavy atom. The monoisotopic (exact) mass is 241 g/mol. The van der Waals surface area contributed by atoms with E-state index in [-0.39, 0.29) is 18.2 Å². The Bertz CT molecular complexity index is 421. The number of aromatic carboxylic acids is 1. The Hall–Kier alpha value is -1.98. The van der Waals surface area contributed by atoms with Crippen LogP contribution < -0.4 is 5.32 Å². The fraction of sp³-hybridized carbons (Fsp3) is 0.455. The molecule has 0 saturated heterocycles. The molecule has 0 aromatic carbocycles. The predicted octanol–water partition coefficient (Wildman–Crippen LogP) is 1.92. The molecule has 1 rings (SSSR count). The number of alkyl carbamates (subject to hydrolysis) is 1. The van der Waals surface area contributed by atoms with Gasteiger partial charge in [-0.05, 0) is 26.8 Å². The smallest absolute Gasteiger partial charge is 0.407 e. The maximum absolute atomic E-state index is 11.2. The van der Waals surface area contributed by atoms with Gasteiger partial charge in [0.25, 0.3) is 0 Å². The van der Waals surface area contributed by atoms with Crippen LogP contribution in [0.15, 0.2) is 10.5 Å². The second-order valence-electron chi connectivity index (χ2n) is 3.80. The summed E-state index contributed by atoms with van der Waals surface area (Å²) in [5.41, 5.74) is 0.0963. The van der Waals surface area contributed by atoms with Crippen LogP contribution in [0.4, 0.5) is 4.79 Å². The van der Waals surface area contributed by atoms with E-state index >= 15 is 0 Å². The van der Waals surface area contributed by atoms with E-state index in [4.69, 9.17) is 14.3 Å². The maximum Gasteiger partial charge on any atom is 0.407 e. The largest absolute Gasteiger partial charge is 0.478 e. The molecule has 2 N–H and O–H groups in total. The number of furan rings is 1. The van der Waals surface area contributed by atoms with Gasteiger partial charge in [0.2, 0.25) is 0 Å². The van der Waals surface area contributed by atoms with Gasteiger partial charge in [0.15, 0.2) is 0 Å². The minimum absolute atomic E-state index is 0.0963. The molecule has 6 nitrogen and oxygen atoms in total. The Kier molecular flexibility index (Phi) is 4.14. The van der Waals surface area contributed by atoms with Gasteiger partial charge in [0.1, 0.15) is 17.1 Å². The van der Waals surface area contributed by atoms with Crippen LogP contribution in [0.1, 0.15) is 35.7 Å². The van der Waals surface area contributed by atoms with Crippen molar-refractivity contribution < 1.29 is 23.8 Å². The number of carboxylic acids is 1. The lowest BCUT2D eigenvalue weighted by Gasteiger charge is -2.07. The van der Waals surface area contributed by atoms with E-state index in [1.165, 1.54) is 6.07 Å². The van der Waals surface area contributed by atoms with Crippen LogP contribution in [0.5, 0.6) is 0 Å². The molecule has 0 bridgehead atoms. The molecule has 0 aliphatic rings. The number of carbonyl (C=O) groups excluding carboxylic acids is 1. The number of carbonyl (C=O) groups is 2. The number of hydrogen-bond donors (Lipinski definition) is 2. The molecule has 94 valence electrons. The third-order valence-electron chi connectivity index (χ3n) is 1.95. The van der Waals surface area contributed by atoms with Gasteiger partial charge < -0.3 is 19.6 Å². The summed E-state index contributed by atoms with van der Waals surface area (Å²) in [6.07, 6.45) is -0.770. The summed E-state index contributed by atoms with van der Waals surface area (Å²) in [4.78, 5) is 21.9. The van der Waals surface area contributed by atoms with Gasteiger partial charge in [-0.2, -0.15) is 0 Å². The Balaban J connectivity index is 2.55. The van der Waals surface area contributed by atoms with Gasteiger partial charge >= 0.3 is 12.1 Å². The summed E-state index contributed by atoms with van der Waals surface area (Å²) >= 11 is 0. The Morgan fingerprint density at radius 3 is 2.65 bits per heavy atom. The zero-order valence-electron chi connectivity index (χ0n) is 9.94. The van der Waals surface area contributed by atoms with Crippen molar-refractivity contribution in [3.05, 3.63) is 23.2 Å². The predicted molar refractivity (Wildman–Crippen MR) is 58.9 cm³/mol. The van der Waals surface area contributed by atoms with Gasteiger partial charge in [-0.1, -0.05) is 0 Å². The third kappa shape index (κ3) is 3.82. The fourth-order valence-electron chi connectivity index (χ4n) is 1.26. The van der Waals surface area contributed by atoms with Crippen LogP contribution in [0.3, 0.4) is 0 Å². The van der Waals surface area contributed by atoms with Gasteiger partial charge in [-0.25, -0.2) is 9.59 Å². The highest BCUT2D eigenvalue weighted by Gasteiger charge is 2.14. The third-order valence-corrected chi connectivity index (χ3v) is 1.95. The van der Waals surface area contributed by atoms with Crippen molar-refractivity contribution in [1.82, 2.24) is 5.32 Å². The molecule has 17 heavy (non-hydrogen) atoms. The lowest BCUT2D eigenvalue weighted by molar-refractivity contribution is 0.0695. The van der Waals surface area contributed by atoms with Crippen LogP contribution in [-0.4, -0.2) is 23.3 Å². The number of carboxylic acid groups (broad SMARTS) is 1. The minimum atomic E-state index is -1.05. The number of hydrogen-bond acceptors (Lipinski definition) is 4. The topological polar surface area (TPSA) is 88.8 Å². The van der Waals surface area contributed by atoms with E-state index < -0.39 is 12.1 Å². The summed E-state index contributed by atoms with van der Waals surface area (Å²) in [5.74, 6) is -0.366. The molecular formula is C11H15NO5.